The van der Waals surface area contributed by atoms with Crippen molar-refractivity contribution in [3.63, 3.8) is 0 Å². The van der Waals surface area contributed by atoms with Gasteiger partial charge in [-0.05, 0) is 26.0 Å². The lowest BCUT2D eigenvalue weighted by Crippen LogP contribution is -2.49. The van der Waals surface area contributed by atoms with Gasteiger partial charge in [-0.25, -0.2) is 0 Å². The lowest BCUT2D eigenvalue weighted by atomic mass is 10.1. The van der Waals surface area contributed by atoms with E-state index in [9.17, 15) is 4.79 Å². The van der Waals surface area contributed by atoms with Crippen LogP contribution in [0.15, 0.2) is 40.9 Å². The number of halogens is 1. The van der Waals surface area contributed by atoms with Crippen molar-refractivity contribution >= 4 is 17.5 Å². The first-order valence-electron chi connectivity index (χ1n) is 10.5. The molecule has 0 radical (unpaired) electrons. The molecule has 3 heterocycles. The van der Waals surface area contributed by atoms with Crippen molar-refractivity contribution in [3.05, 3.63) is 58.4 Å². The molecule has 166 valence electrons. The van der Waals surface area contributed by atoms with E-state index in [0.29, 0.717) is 60.0 Å². The molecule has 1 unspecified atom stereocenters. The van der Waals surface area contributed by atoms with E-state index < -0.39 is 0 Å². The molecule has 1 atom stereocenters. The molecule has 2 aliphatic heterocycles. The summed E-state index contributed by atoms with van der Waals surface area (Å²) in [5, 5.41) is 4.53. The lowest BCUT2D eigenvalue weighted by Gasteiger charge is -2.36. The summed E-state index contributed by atoms with van der Waals surface area (Å²) in [5.41, 5.74) is 2.61. The van der Waals surface area contributed by atoms with Crippen molar-refractivity contribution in [3.8, 4) is 22.9 Å². The van der Waals surface area contributed by atoms with Crippen LogP contribution in [0.2, 0.25) is 5.02 Å². The number of aromatic nitrogens is 2. The zero-order valence-corrected chi connectivity index (χ0v) is 18.6. The highest BCUT2D eigenvalue weighted by molar-refractivity contribution is 6.32. The van der Waals surface area contributed by atoms with E-state index >= 15 is 0 Å². The van der Waals surface area contributed by atoms with Crippen molar-refractivity contribution < 1.29 is 18.8 Å². The maximum Gasteiger partial charge on any atom is 0.254 e. The van der Waals surface area contributed by atoms with Crippen molar-refractivity contribution in [1.29, 1.82) is 0 Å². The smallest absolute Gasteiger partial charge is 0.254 e. The van der Waals surface area contributed by atoms with Gasteiger partial charge in [0.25, 0.3) is 5.91 Å². The van der Waals surface area contributed by atoms with Crippen LogP contribution in [0.3, 0.4) is 0 Å². The molecule has 2 aromatic carbocycles. The molecule has 0 spiro atoms. The van der Waals surface area contributed by atoms with Crippen LogP contribution in [0.1, 0.15) is 34.8 Å². The van der Waals surface area contributed by atoms with Crippen LogP contribution in [0.5, 0.6) is 11.5 Å². The Balaban J connectivity index is 1.22. The Labute approximate surface area is 190 Å². The summed E-state index contributed by atoms with van der Waals surface area (Å²) >= 11 is 6.24. The van der Waals surface area contributed by atoms with E-state index in [0.717, 1.165) is 5.56 Å². The van der Waals surface area contributed by atoms with Gasteiger partial charge < -0.3 is 18.9 Å². The first kappa shape index (κ1) is 20.8. The van der Waals surface area contributed by atoms with Crippen LogP contribution in [0.25, 0.3) is 11.4 Å². The third-order valence-corrected chi connectivity index (χ3v) is 6.21. The Morgan fingerprint density at radius 1 is 1.09 bits per heavy atom. The largest absolute Gasteiger partial charge is 0.454 e. The highest BCUT2D eigenvalue weighted by Crippen LogP contribution is 2.40. The minimum atomic E-state index is -0.0723. The molecule has 0 N–H and O–H groups in total. The number of ether oxygens (including phenoxy) is 2. The number of aryl methyl sites for hydroxylation is 1. The van der Waals surface area contributed by atoms with Crippen molar-refractivity contribution in [2.24, 2.45) is 0 Å². The number of hydrogen-bond donors (Lipinski definition) is 0. The van der Waals surface area contributed by atoms with Gasteiger partial charge in [0.05, 0.1) is 11.1 Å². The molecule has 1 fully saturated rings. The molecule has 3 aromatic rings. The molecule has 0 aliphatic carbocycles. The van der Waals surface area contributed by atoms with E-state index in [-0.39, 0.29) is 18.7 Å². The SMILES string of the molecule is Cc1ccc(-c2noc(C(C)N3CCN(C(=O)c4cc(Cl)c5c(c4)OCO5)CC3)n2)cc1. The van der Waals surface area contributed by atoms with Crippen molar-refractivity contribution in [1.82, 2.24) is 19.9 Å². The van der Waals surface area contributed by atoms with Crippen LogP contribution in [0, 0.1) is 6.92 Å². The van der Waals surface area contributed by atoms with Gasteiger partial charge in [-0.1, -0.05) is 46.6 Å². The average Bonchev–Trinajstić information content (AvgIpc) is 3.49. The molecule has 1 amide bonds. The second-order valence-electron chi connectivity index (χ2n) is 8.02. The number of carbonyl (C=O) groups is 1. The number of benzene rings is 2. The Kier molecular flexibility index (Phi) is 5.48. The zero-order chi connectivity index (χ0) is 22.2. The number of fused-ring (bicyclic) bond motifs is 1. The summed E-state index contributed by atoms with van der Waals surface area (Å²) in [5.74, 6) is 2.08. The van der Waals surface area contributed by atoms with Crippen LogP contribution < -0.4 is 9.47 Å². The van der Waals surface area contributed by atoms with Gasteiger partial charge in [-0.2, -0.15) is 4.98 Å². The van der Waals surface area contributed by atoms with Crippen LogP contribution in [-0.2, 0) is 0 Å². The summed E-state index contributed by atoms with van der Waals surface area (Å²) in [6, 6.07) is 11.3. The van der Waals surface area contributed by atoms with Crippen LogP contribution >= 0.6 is 11.6 Å². The zero-order valence-electron chi connectivity index (χ0n) is 17.9. The topological polar surface area (TPSA) is 80.9 Å². The number of amides is 1. The Morgan fingerprint density at radius 3 is 2.59 bits per heavy atom. The quantitative estimate of drug-likeness (QED) is 0.590. The van der Waals surface area contributed by atoms with Gasteiger partial charge in [0, 0.05) is 37.3 Å². The maximum absolute atomic E-state index is 13.0. The predicted molar refractivity (Wildman–Crippen MR) is 118 cm³/mol. The van der Waals surface area contributed by atoms with E-state index in [1.54, 1.807) is 12.1 Å². The van der Waals surface area contributed by atoms with Gasteiger partial charge in [0.1, 0.15) is 0 Å². The molecule has 8 nitrogen and oxygen atoms in total. The molecule has 32 heavy (non-hydrogen) atoms. The second kappa shape index (κ2) is 8.44. The van der Waals surface area contributed by atoms with E-state index in [4.69, 9.17) is 25.6 Å². The molecule has 0 saturated carbocycles. The van der Waals surface area contributed by atoms with Crippen molar-refractivity contribution in [2.45, 2.75) is 19.9 Å². The van der Waals surface area contributed by atoms with Gasteiger partial charge in [0.15, 0.2) is 11.5 Å². The fourth-order valence-corrected chi connectivity index (χ4v) is 4.23. The summed E-state index contributed by atoms with van der Waals surface area (Å²) in [4.78, 5) is 21.6. The molecule has 2 aliphatic rings. The Bertz CT molecular complexity index is 1140. The molecule has 5 rings (SSSR count). The van der Waals surface area contributed by atoms with E-state index in [1.807, 2.05) is 43.0 Å². The molecule has 0 bridgehead atoms. The number of hydrogen-bond acceptors (Lipinski definition) is 7. The van der Waals surface area contributed by atoms with Gasteiger partial charge in [0.2, 0.25) is 18.5 Å². The fraction of sp³-hybridized carbons (Fsp3) is 0.348. The first-order valence-corrected chi connectivity index (χ1v) is 10.9. The van der Waals surface area contributed by atoms with Gasteiger partial charge in [-0.3, -0.25) is 9.69 Å². The molecule has 1 aromatic heterocycles. The number of carbonyl (C=O) groups excluding carboxylic acids is 1. The maximum atomic E-state index is 13.0. The number of nitrogens with zero attached hydrogens (tertiary/aromatic N) is 4. The summed E-state index contributed by atoms with van der Waals surface area (Å²) in [6.07, 6.45) is 0. The molecular formula is C23H23ClN4O4. The second-order valence-corrected chi connectivity index (χ2v) is 8.43. The Hall–Kier alpha value is -3.10. The number of rotatable bonds is 4. The third kappa shape index (κ3) is 3.91. The number of piperazine rings is 1. The standard InChI is InChI=1S/C23H23ClN4O4/c1-14-3-5-16(6-4-14)21-25-22(32-26-21)15(2)27-7-9-28(10-8-27)23(29)17-11-18(24)20-19(12-17)30-13-31-20/h3-6,11-12,15H,7-10,13H2,1-2H3. The summed E-state index contributed by atoms with van der Waals surface area (Å²) in [7, 11) is 0. The fourth-order valence-electron chi connectivity index (χ4n) is 3.97. The van der Waals surface area contributed by atoms with Crippen LogP contribution in [-0.4, -0.2) is 58.8 Å². The monoisotopic (exact) mass is 454 g/mol. The van der Waals surface area contributed by atoms with E-state index in [2.05, 4.69) is 15.0 Å². The third-order valence-electron chi connectivity index (χ3n) is 5.93. The van der Waals surface area contributed by atoms with Crippen LogP contribution in [0.4, 0.5) is 0 Å². The van der Waals surface area contributed by atoms with Gasteiger partial charge in [-0.15, -0.1) is 0 Å². The normalized spacial score (nSPS) is 16.9. The summed E-state index contributed by atoms with van der Waals surface area (Å²) in [6.45, 7) is 6.79. The molecule has 1 saturated heterocycles. The first-order chi connectivity index (χ1) is 15.5. The average molecular weight is 455 g/mol. The molecule has 9 heteroatoms. The highest BCUT2D eigenvalue weighted by Gasteiger charge is 2.29. The minimum Gasteiger partial charge on any atom is -0.454 e. The van der Waals surface area contributed by atoms with E-state index in [1.165, 1.54) is 5.56 Å². The van der Waals surface area contributed by atoms with Crippen molar-refractivity contribution in [2.75, 3.05) is 33.0 Å². The molecular weight excluding hydrogens is 432 g/mol. The summed E-state index contributed by atoms with van der Waals surface area (Å²) < 4.78 is 16.2. The van der Waals surface area contributed by atoms with Gasteiger partial charge >= 0.3 is 0 Å². The predicted octanol–water partition coefficient (Wildman–Crippen LogP) is 3.95. The highest BCUT2D eigenvalue weighted by atomic mass is 35.5. The lowest BCUT2D eigenvalue weighted by molar-refractivity contribution is 0.0551. The Morgan fingerprint density at radius 2 is 1.84 bits per heavy atom. The minimum absolute atomic E-state index is 0.0426.